The van der Waals surface area contributed by atoms with Gasteiger partial charge in [-0.05, 0) is 43.5 Å². The van der Waals surface area contributed by atoms with Crippen LogP contribution in [0.15, 0.2) is 34.9 Å². The van der Waals surface area contributed by atoms with Crippen LogP contribution in [0.25, 0.3) is 6.08 Å². The summed E-state index contributed by atoms with van der Waals surface area (Å²) in [7, 11) is 2.49. The first-order valence-electron chi connectivity index (χ1n) is 10.3. The minimum atomic E-state index is -0.679. The molecule has 1 aliphatic heterocycles. The van der Waals surface area contributed by atoms with Crippen LogP contribution in [0.2, 0.25) is 0 Å². The third kappa shape index (κ3) is 5.40. The molecule has 0 bridgehead atoms. The fraction of sp³-hybridized carbons (Fsp3) is 0.304. The molecular formula is C23H26N4O6. The average Bonchev–Trinajstić information content (AvgIpc) is 3.33. The van der Waals surface area contributed by atoms with Crippen molar-refractivity contribution in [3.05, 3.63) is 52.2 Å². The maximum Gasteiger partial charge on any atom is 0.340 e. The lowest BCUT2D eigenvalue weighted by Gasteiger charge is -2.06. The number of carbonyl (C=O) groups is 3. The summed E-state index contributed by atoms with van der Waals surface area (Å²) >= 11 is 0. The third-order valence-electron chi connectivity index (χ3n) is 5.09. The van der Waals surface area contributed by atoms with Gasteiger partial charge in [-0.3, -0.25) is 9.59 Å². The van der Waals surface area contributed by atoms with Gasteiger partial charge in [-0.25, -0.2) is 10.2 Å². The van der Waals surface area contributed by atoms with E-state index in [0.29, 0.717) is 42.0 Å². The molecule has 10 heteroatoms. The second-order valence-corrected chi connectivity index (χ2v) is 7.20. The van der Waals surface area contributed by atoms with E-state index in [2.05, 4.69) is 15.5 Å². The Morgan fingerprint density at radius 2 is 1.85 bits per heavy atom. The Bertz CT molecular complexity index is 1110. The van der Waals surface area contributed by atoms with Gasteiger partial charge in [0.1, 0.15) is 0 Å². The number of nitrogens with zero attached hydrogens (tertiary/aromatic N) is 1. The van der Waals surface area contributed by atoms with Crippen molar-refractivity contribution in [2.45, 2.75) is 26.2 Å². The van der Waals surface area contributed by atoms with Gasteiger partial charge >= 0.3 is 11.9 Å². The van der Waals surface area contributed by atoms with Crippen molar-refractivity contribution in [3.63, 3.8) is 0 Å². The van der Waals surface area contributed by atoms with Crippen LogP contribution < -0.4 is 15.9 Å². The van der Waals surface area contributed by atoms with Gasteiger partial charge in [0, 0.05) is 11.3 Å². The summed E-state index contributed by atoms with van der Waals surface area (Å²) in [4.78, 5) is 40.0. The number of anilines is 1. The number of ether oxygens (including phenoxy) is 3. The molecular weight excluding hydrogens is 428 g/mol. The van der Waals surface area contributed by atoms with E-state index in [1.54, 1.807) is 6.92 Å². The third-order valence-corrected chi connectivity index (χ3v) is 5.09. The number of benzene rings is 1. The van der Waals surface area contributed by atoms with Crippen molar-refractivity contribution in [2.24, 2.45) is 5.10 Å². The molecule has 33 heavy (non-hydrogen) atoms. The van der Waals surface area contributed by atoms with Crippen molar-refractivity contribution >= 4 is 35.3 Å². The highest BCUT2D eigenvalue weighted by Crippen LogP contribution is 2.30. The number of nitrogen functional groups attached to an aromatic ring is 1. The van der Waals surface area contributed by atoms with Crippen LogP contribution in [0.4, 0.5) is 5.69 Å². The summed E-state index contributed by atoms with van der Waals surface area (Å²) in [5.41, 5.74) is 11.4. The van der Waals surface area contributed by atoms with Gasteiger partial charge in [-0.15, -0.1) is 0 Å². The predicted molar refractivity (Wildman–Crippen MR) is 122 cm³/mol. The number of nitrogens with one attached hydrogen (secondary N) is 2. The van der Waals surface area contributed by atoms with Crippen LogP contribution in [0.1, 0.15) is 40.5 Å². The van der Waals surface area contributed by atoms with Crippen molar-refractivity contribution < 1.29 is 28.6 Å². The van der Waals surface area contributed by atoms with Gasteiger partial charge in [0.15, 0.2) is 5.88 Å². The quantitative estimate of drug-likeness (QED) is 0.298. The lowest BCUT2D eigenvalue weighted by Crippen LogP contribution is -2.14. The molecule has 0 radical (unpaired) electrons. The smallest absolute Gasteiger partial charge is 0.340 e. The van der Waals surface area contributed by atoms with Crippen molar-refractivity contribution in [2.75, 3.05) is 26.6 Å². The first kappa shape index (κ1) is 23.6. The molecule has 1 aromatic heterocycles. The first-order chi connectivity index (χ1) is 15.9. The molecule has 0 fully saturated rings. The zero-order valence-electron chi connectivity index (χ0n) is 18.7. The molecule has 0 atom stereocenters. The molecule has 1 aliphatic rings. The van der Waals surface area contributed by atoms with Crippen LogP contribution in [-0.2, 0) is 31.9 Å². The molecule has 10 nitrogen and oxygen atoms in total. The molecule has 0 saturated heterocycles. The number of rotatable bonds is 9. The number of amides is 1. The molecule has 2 heterocycles. The van der Waals surface area contributed by atoms with Crippen LogP contribution in [0.5, 0.6) is 5.88 Å². The normalized spacial score (nSPS) is 14.1. The fourth-order valence-corrected chi connectivity index (χ4v) is 3.43. The second kappa shape index (κ2) is 10.5. The summed E-state index contributed by atoms with van der Waals surface area (Å²) in [6.07, 6.45) is 2.42. The van der Waals surface area contributed by atoms with Crippen LogP contribution >= 0.6 is 0 Å². The molecule has 174 valence electrons. The van der Waals surface area contributed by atoms with Crippen LogP contribution in [0.3, 0.4) is 0 Å². The highest BCUT2D eigenvalue weighted by molar-refractivity contribution is 6.27. The Kier molecular flexibility index (Phi) is 7.50. The number of hydrazone groups is 1. The summed E-state index contributed by atoms with van der Waals surface area (Å²) in [5, 5.41) is 4.14. The minimum absolute atomic E-state index is 0.0939. The monoisotopic (exact) mass is 454 g/mol. The zero-order valence-corrected chi connectivity index (χ0v) is 18.7. The summed E-state index contributed by atoms with van der Waals surface area (Å²) in [6.45, 7) is 2.06. The fourth-order valence-electron chi connectivity index (χ4n) is 3.43. The Hall–Kier alpha value is -4.08. The van der Waals surface area contributed by atoms with E-state index in [9.17, 15) is 14.4 Å². The van der Waals surface area contributed by atoms with Gasteiger partial charge in [-0.2, -0.15) is 5.10 Å². The molecule has 3 rings (SSSR count). The lowest BCUT2D eigenvalue weighted by molar-refractivity contribution is -0.139. The number of nitrogens with two attached hydrogens (primary N) is 1. The number of hydrogen-bond acceptors (Lipinski definition) is 8. The van der Waals surface area contributed by atoms with Crippen molar-refractivity contribution in [3.8, 4) is 5.88 Å². The Balaban J connectivity index is 1.97. The molecule has 1 aromatic carbocycles. The number of hydrogen-bond donors (Lipinski definition) is 3. The first-order valence-corrected chi connectivity index (χ1v) is 10.3. The van der Waals surface area contributed by atoms with Gasteiger partial charge < -0.3 is 24.9 Å². The van der Waals surface area contributed by atoms with Crippen molar-refractivity contribution in [1.29, 1.82) is 0 Å². The highest BCUT2D eigenvalue weighted by Gasteiger charge is 2.29. The van der Waals surface area contributed by atoms with Gasteiger partial charge in [-0.1, -0.05) is 12.1 Å². The molecule has 0 unspecified atom stereocenters. The summed E-state index contributed by atoms with van der Waals surface area (Å²) in [5.74, 6) is -1.40. The second-order valence-electron chi connectivity index (χ2n) is 7.20. The molecule has 0 saturated carbocycles. The topological polar surface area (TPSA) is 145 Å². The number of methoxy groups -OCH3 is 2. The van der Waals surface area contributed by atoms with Crippen molar-refractivity contribution in [1.82, 2.24) is 10.4 Å². The standard InChI is InChI=1S/C23H26N4O6/c1-4-33-22-16(12-19(28)31-2)20(23(30)32-3)18(25-22)11-15-17(26-27-21(15)29)10-7-13-5-8-14(24)9-6-13/h5-6,8-9,11,25H,4,7,10,12,24H2,1-3H3,(H,27,29). The van der Waals surface area contributed by atoms with E-state index in [0.717, 1.165) is 5.56 Å². The number of esters is 2. The number of aryl methyl sites for hydroxylation is 1. The SMILES string of the molecule is CCOc1[nH]c(C=C2C(=O)NN=C2CCc2ccc(N)cc2)c(C(=O)OC)c1CC(=O)OC. The van der Waals surface area contributed by atoms with Gasteiger partial charge in [0.25, 0.3) is 5.91 Å². The minimum Gasteiger partial charge on any atom is -0.479 e. The highest BCUT2D eigenvalue weighted by atomic mass is 16.5. The number of H-pyrrole nitrogens is 1. The number of aromatic amines is 1. The maximum absolute atomic E-state index is 12.6. The zero-order chi connectivity index (χ0) is 24.0. The predicted octanol–water partition coefficient (Wildman–Crippen LogP) is 2.00. The van der Waals surface area contributed by atoms with E-state index in [1.807, 2.05) is 24.3 Å². The van der Waals surface area contributed by atoms with Crippen LogP contribution in [-0.4, -0.2) is 49.4 Å². The molecule has 2 aromatic rings. The van der Waals surface area contributed by atoms with E-state index >= 15 is 0 Å². The van der Waals surface area contributed by atoms with E-state index in [1.165, 1.54) is 20.3 Å². The lowest BCUT2D eigenvalue weighted by atomic mass is 10.00. The molecule has 4 N–H and O–H groups in total. The summed E-state index contributed by atoms with van der Waals surface area (Å²) < 4.78 is 15.3. The van der Waals surface area contributed by atoms with Crippen LogP contribution in [0, 0.1) is 0 Å². The Labute approximate surface area is 190 Å². The molecule has 0 aliphatic carbocycles. The Morgan fingerprint density at radius 3 is 2.48 bits per heavy atom. The number of aromatic nitrogens is 1. The van der Waals surface area contributed by atoms with E-state index in [4.69, 9.17) is 19.9 Å². The Morgan fingerprint density at radius 1 is 1.12 bits per heavy atom. The summed E-state index contributed by atoms with van der Waals surface area (Å²) in [6, 6.07) is 7.45. The van der Waals surface area contributed by atoms with E-state index in [-0.39, 0.29) is 23.6 Å². The maximum atomic E-state index is 12.6. The molecule has 1 amide bonds. The van der Waals surface area contributed by atoms with Gasteiger partial charge in [0.05, 0.1) is 49.8 Å². The van der Waals surface area contributed by atoms with E-state index < -0.39 is 17.8 Å². The average molecular weight is 454 g/mol. The number of carbonyl (C=O) groups excluding carboxylic acids is 3. The molecule has 0 spiro atoms. The largest absolute Gasteiger partial charge is 0.479 e. The van der Waals surface area contributed by atoms with Gasteiger partial charge in [0.2, 0.25) is 0 Å².